The van der Waals surface area contributed by atoms with Gasteiger partial charge in [-0.05, 0) is 24.3 Å². The van der Waals surface area contributed by atoms with Crippen LogP contribution in [-0.4, -0.2) is 56.3 Å². The minimum atomic E-state index is -1.82. The van der Waals surface area contributed by atoms with Crippen molar-refractivity contribution < 1.29 is 28.2 Å². The van der Waals surface area contributed by atoms with Gasteiger partial charge in [0.05, 0.1) is 11.1 Å². The van der Waals surface area contributed by atoms with Crippen molar-refractivity contribution in [3.63, 3.8) is 0 Å². The van der Waals surface area contributed by atoms with Crippen molar-refractivity contribution in [2.24, 2.45) is 4.99 Å². The molecule has 0 N–H and O–H groups in total. The molecular formula is C21H21ClFNO5. The van der Waals surface area contributed by atoms with E-state index in [-0.39, 0.29) is 18.9 Å². The second-order valence-corrected chi connectivity index (χ2v) is 6.47. The minimum absolute atomic E-state index is 0.0598. The Hall–Kier alpha value is -2.77. The van der Waals surface area contributed by atoms with Crippen molar-refractivity contribution in [3.8, 4) is 0 Å². The van der Waals surface area contributed by atoms with E-state index in [1.165, 1.54) is 19.2 Å². The maximum atomic E-state index is 14.7. The summed E-state index contributed by atoms with van der Waals surface area (Å²) < 4.78 is 29.8. The van der Waals surface area contributed by atoms with Crippen molar-refractivity contribution in [3.05, 3.63) is 71.8 Å². The standard InChI is InChI=1S/C21H21ClFNO5/c1-27-14-24-12-18(23)19(29-21(26)16-10-6-3-7-11-16)17(22)13-28-20(25)15-8-4-2-5-9-15/h2-12,17-19H,13-14H2,1H3/b24-12-/t17-,18+,19+/m0/s1. The molecule has 154 valence electrons. The topological polar surface area (TPSA) is 74.2 Å². The first-order valence-corrected chi connectivity index (χ1v) is 9.21. The fraction of sp³-hybridized carbons (Fsp3) is 0.286. The number of rotatable bonds is 10. The molecule has 3 atom stereocenters. The molecule has 6 nitrogen and oxygen atoms in total. The summed E-state index contributed by atoms with van der Waals surface area (Å²) in [5.74, 6) is -1.37. The van der Waals surface area contributed by atoms with Crippen LogP contribution < -0.4 is 0 Å². The van der Waals surface area contributed by atoms with Gasteiger partial charge in [0.25, 0.3) is 0 Å². The SMILES string of the molecule is COC/N=C\[C@@H](F)[C@H](OC(=O)c1ccccc1)[C@@H](Cl)COC(=O)c1ccccc1. The van der Waals surface area contributed by atoms with E-state index in [9.17, 15) is 14.0 Å². The number of ether oxygens (including phenoxy) is 3. The van der Waals surface area contributed by atoms with Gasteiger partial charge in [-0.15, -0.1) is 11.6 Å². The molecule has 0 spiro atoms. The Morgan fingerprint density at radius 3 is 2.14 bits per heavy atom. The van der Waals surface area contributed by atoms with Gasteiger partial charge in [-0.2, -0.15) is 0 Å². The lowest BCUT2D eigenvalue weighted by atomic mass is 10.1. The Labute approximate surface area is 173 Å². The van der Waals surface area contributed by atoms with E-state index >= 15 is 0 Å². The van der Waals surface area contributed by atoms with Crippen LogP contribution >= 0.6 is 11.6 Å². The molecule has 2 aromatic carbocycles. The van der Waals surface area contributed by atoms with Crippen LogP contribution in [0, 0.1) is 0 Å². The highest BCUT2D eigenvalue weighted by molar-refractivity contribution is 6.21. The van der Waals surface area contributed by atoms with Crippen LogP contribution in [0.2, 0.25) is 0 Å². The first-order chi connectivity index (χ1) is 14.0. The van der Waals surface area contributed by atoms with Crippen molar-refractivity contribution in [1.82, 2.24) is 0 Å². The Morgan fingerprint density at radius 1 is 1.03 bits per heavy atom. The summed E-state index contributed by atoms with van der Waals surface area (Å²) in [4.78, 5) is 28.1. The van der Waals surface area contributed by atoms with Gasteiger partial charge in [0.2, 0.25) is 0 Å². The van der Waals surface area contributed by atoms with Crippen LogP contribution in [0.3, 0.4) is 0 Å². The number of methoxy groups -OCH3 is 1. The zero-order chi connectivity index (χ0) is 21.1. The largest absolute Gasteiger partial charge is 0.460 e. The molecule has 0 heterocycles. The van der Waals surface area contributed by atoms with Crippen molar-refractivity contribution in [2.45, 2.75) is 17.7 Å². The first kappa shape index (κ1) is 22.5. The number of carbonyl (C=O) groups excluding carboxylic acids is 2. The van der Waals surface area contributed by atoms with E-state index in [4.69, 9.17) is 25.8 Å². The Kier molecular flexibility index (Phi) is 9.27. The predicted molar refractivity (Wildman–Crippen MR) is 107 cm³/mol. The maximum absolute atomic E-state index is 14.7. The summed E-state index contributed by atoms with van der Waals surface area (Å²) in [6.07, 6.45) is -2.30. The molecule has 0 bridgehead atoms. The third-order valence-electron chi connectivity index (χ3n) is 3.76. The number of hydrogen-bond acceptors (Lipinski definition) is 6. The Balaban J connectivity index is 2.06. The number of esters is 2. The summed E-state index contributed by atoms with van der Waals surface area (Å²) in [5, 5.41) is -1.14. The van der Waals surface area contributed by atoms with Gasteiger partial charge in [0, 0.05) is 13.3 Å². The zero-order valence-corrected chi connectivity index (χ0v) is 16.5. The smallest absolute Gasteiger partial charge is 0.338 e. The average Bonchev–Trinajstić information content (AvgIpc) is 2.76. The van der Waals surface area contributed by atoms with Gasteiger partial charge in [0.1, 0.15) is 18.7 Å². The van der Waals surface area contributed by atoms with Gasteiger partial charge in [0.15, 0.2) is 12.3 Å². The van der Waals surface area contributed by atoms with E-state index in [1.54, 1.807) is 48.5 Å². The molecule has 0 unspecified atom stereocenters. The van der Waals surface area contributed by atoms with E-state index in [2.05, 4.69) is 4.99 Å². The number of benzene rings is 2. The lowest BCUT2D eigenvalue weighted by molar-refractivity contribution is 0.00712. The maximum Gasteiger partial charge on any atom is 0.338 e. The molecule has 0 aliphatic heterocycles. The van der Waals surface area contributed by atoms with Crippen molar-refractivity contribution >= 4 is 29.8 Å². The van der Waals surface area contributed by atoms with E-state index in [0.29, 0.717) is 5.56 Å². The number of nitrogens with zero attached hydrogens (tertiary/aromatic N) is 1. The van der Waals surface area contributed by atoms with Gasteiger partial charge in [-0.3, -0.25) is 4.99 Å². The van der Waals surface area contributed by atoms with Gasteiger partial charge in [-0.25, -0.2) is 14.0 Å². The molecule has 0 aromatic heterocycles. The molecule has 8 heteroatoms. The number of aliphatic imine (C=N–C) groups is 1. The monoisotopic (exact) mass is 421 g/mol. The van der Waals surface area contributed by atoms with Crippen LogP contribution in [0.1, 0.15) is 20.7 Å². The first-order valence-electron chi connectivity index (χ1n) is 8.78. The number of carbonyl (C=O) groups is 2. The molecule has 0 fully saturated rings. The highest BCUT2D eigenvalue weighted by Crippen LogP contribution is 2.17. The van der Waals surface area contributed by atoms with E-state index in [0.717, 1.165) is 6.21 Å². The Morgan fingerprint density at radius 2 is 1.59 bits per heavy atom. The number of alkyl halides is 2. The summed E-state index contributed by atoms with van der Waals surface area (Å²) >= 11 is 6.23. The number of halogens is 2. The molecule has 0 aliphatic rings. The molecule has 0 aliphatic carbocycles. The molecular weight excluding hydrogens is 401 g/mol. The second kappa shape index (κ2) is 11.9. The number of hydrogen-bond donors (Lipinski definition) is 0. The summed E-state index contributed by atoms with van der Waals surface area (Å²) in [5.41, 5.74) is 0.566. The predicted octanol–water partition coefficient (Wildman–Crippen LogP) is 3.69. The van der Waals surface area contributed by atoms with Crippen LogP contribution in [0.25, 0.3) is 0 Å². The highest BCUT2D eigenvalue weighted by atomic mass is 35.5. The van der Waals surface area contributed by atoms with Gasteiger partial charge >= 0.3 is 11.9 Å². The summed E-state index contributed by atoms with van der Waals surface area (Å²) in [7, 11) is 1.41. The zero-order valence-electron chi connectivity index (χ0n) is 15.7. The van der Waals surface area contributed by atoms with Crippen LogP contribution in [0.5, 0.6) is 0 Å². The van der Waals surface area contributed by atoms with Gasteiger partial charge < -0.3 is 14.2 Å². The second-order valence-electron chi connectivity index (χ2n) is 5.91. The van der Waals surface area contributed by atoms with Crippen molar-refractivity contribution in [1.29, 1.82) is 0 Å². The van der Waals surface area contributed by atoms with E-state index in [1.807, 2.05) is 0 Å². The molecule has 0 saturated carbocycles. The third-order valence-corrected chi connectivity index (χ3v) is 4.13. The highest BCUT2D eigenvalue weighted by Gasteiger charge is 2.33. The van der Waals surface area contributed by atoms with Crippen LogP contribution in [0.15, 0.2) is 65.7 Å². The minimum Gasteiger partial charge on any atom is -0.460 e. The molecule has 0 amide bonds. The lowest BCUT2D eigenvalue weighted by Crippen LogP contribution is -2.40. The normalized spacial score (nSPS) is 14.2. The molecule has 29 heavy (non-hydrogen) atoms. The summed E-state index contributed by atoms with van der Waals surface area (Å²) in [6, 6.07) is 16.4. The molecule has 0 saturated heterocycles. The fourth-order valence-corrected chi connectivity index (χ4v) is 2.57. The summed E-state index contributed by atoms with van der Waals surface area (Å²) in [6.45, 7) is -0.420. The molecule has 0 radical (unpaired) electrons. The van der Waals surface area contributed by atoms with E-state index < -0.39 is 29.6 Å². The lowest BCUT2D eigenvalue weighted by Gasteiger charge is -2.24. The molecule has 2 aromatic rings. The third kappa shape index (κ3) is 7.29. The quantitative estimate of drug-likeness (QED) is 0.332. The van der Waals surface area contributed by atoms with Crippen LogP contribution in [-0.2, 0) is 14.2 Å². The van der Waals surface area contributed by atoms with Gasteiger partial charge in [-0.1, -0.05) is 36.4 Å². The molecule has 2 rings (SSSR count). The fourth-order valence-electron chi connectivity index (χ4n) is 2.31. The van der Waals surface area contributed by atoms with Crippen molar-refractivity contribution in [2.75, 3.05) is 20.4 Å². The Bertz CT molecular complexity index is 803. The van der Waals surface area contributed by atoms with Crippen LogP contribution in [0.4, 0.5) is 4.39 Å². The average molecular weight is 422 g/mol.